The molecular weight excluding hydrogens is 1220 g/mol. The molecule has 0 aromatic carbocycles. The van der Waals surface area contributed by atoms with Gasteiger partial charge in [0.1, 0.15) is 25.4 Å². The number of aliphatic hydroxyl groups excluding tert-OH is 2. The van der Waals surface area contributed by atoms with Crippen LogP contribution in [0.2, 0.25) is 0 Å². The van der Waals surface area contributed by atoms with Crippen molar-refractivity contribution in [3.05, 3.63) is 97.2 Å². The summed E-state index contributed by atoms with van der Waals surface area (Å²) in [4.78, 5) is 58.4. The smallest absolute Gasteiger partial charge is 0.463 e. The van der Waals surface area contributed by atoms with Gasteiger partial charge in [-0.2, -0.15) is 0 Å². The van der Waals surface area contributed by atoms with E-state index < -0.39 is 91.5 Å². The molecule has 0 amide bonds. The van der Waals surface area contributed by atoms with Crippen LogP contribution in [0.15, 0.2) is 97.2 Å². The lowest BCUT2D eigenvalue weighted by Crippen LogP contribution is -2.30. The van der Waals surface area contributed by atoms with Gasteiger partial charge in [-0.15, -0.1) is 0 Å². The Balaban J connectivity index is 4.50. The Bertz CT molecular complexity index is 2080. The second kappa shape index (κ2) is 68.4. The molecule has 538 valence electrons. The molecule has 0 aromatic rings. The molecule has 0 spiro atoms. The van der Waals surface area contributed by atoms with E-state index in [1.54, 1.807) is 0 Å². The van der Waals surface area contributed by atoms with E-state index in [4.69, 9.17) is 32.3 Å². The first-order chi connectivity index (χ1) is 45.2. The molecule has 0 rings (SSSR count). The Morgan fingerprint density at radius 3 is 0.935 bits per heavy atom. The van der Waals surface area contributed by atoms with E-state index in [1.165, 1.54) is 96.3 Å². The first-order valence-electron chi connectivity index (χ1n) is 36.5. The standard InChI is InChI=1S/C75H132O16P2/c1-4-7-10-13-16-19-22-25-27-29-30-31-32-33-34-35-36-37-38-40-42-44-46-49-52-55-58-61-73(78)85-64-70(76)65-87-92(81,82)88-66-71(77)67-89-93(83,84)90-69-72(91-75(80)63-60-57-54-51-48-43-24-21-18-15-12-9-6-3)68-86-74(79)62-59-56-53-50-47-45-41-39-28-26-23-20-17-14-11-8-5-2/h8,11,16-17,19-21,24-28,30-31,33-34,70-72,76-77H,4-7,9-10,12-15,18,22-23,29,32,35-69H2,1-3H3,(H,81,82)(H,83,84)/b11-8-,19-16-,20-17-,24-21-,27-25-,28-26-,31-30-,34-33-. The van der Waals surface area contributed by atoms with Crippen molar-refractivity contribution < 1.29 is 75.8 Å². The summed E-state index contributed by atoms with van der Waals surface area (Å²) in [7, 11) is -9.78. The van der Waals surface area contributed by atoms with Gasteiger partial charge in [0.25, 0.3) is 0 Å². The number of allylic oxidation sites excluding steroid dienone is 16. The number of hydrogen-bond acceptors (Lipinski definition) is 14. The molecule has 5 atom stereocenters. The number of hydrogen-bond donors (Lipinski definition) is 4. The number of phosphoric acid groups is 2. The van der Waals surface area contributed by atoms with Crippen LogP contribution in [-0.4, -0.2) is 95.9 Å². The van der Waals surface area contributed by atoms with E-state index in [2.05, 4.69) is 118 Å². The van der Waals surface area contributed by atoms with Gasteiger partial charge in [-0.25, -0.2) is 9.13 Å². The number of phosphoric ester groups is 2. The number of rotatable bonds is 69. The van der Waals surface area contributed by atoms with Gasteiger partial charge < -0.3 is 34.2 Å². The van der Waals surface area contributed by atoms with Crippen molar-refractivity contribution in [3.8, 4) is 0 Å². The van der Waals surface area contributed by atoms with Crippen LogP contribution >= 0.6 is 15.6 Å². The van der Waals surface area contributed by atoms with Crippen LogP contribution in [0.25, 0.3) is 0 Å². The van der Waals surface area contributed by atoms with E-state index in [-0.39, 0.29) is 19.3 Å². The highest BCUT2D eigenvalue weighted by Crippen LogP contribution is 2.45. The summed E-state index contributed by atoms with van der Waals surface area (Å²) in [6.07, 6.45) is 76.0. The van der Waals surface area contributed by atoms with Gasteiger partial charge in [0, 0.05) is 19.3 Å². The van der Waals surface area contributed by atoms with E-state index in [0.29, 0.717) is 19.3 Å². The first-order valence-corrected chi connectivity index (χ1v) is 39.5. The zero-order chi connectivity index (χ0) is 68.1. The van der Waals surface area contributed by atoms with Crippen LogP contribution in [-0.2, 0) is 55.8 Å². The van der Waals surface area contributed by atoms with Crippen LogP contribution in [0.3, 0.4) is 0 Å². The van der Waals surface area contributed by atoms with Gasteiger partial charge in [-0.1, -0.05) is 259 Å². The summed E-state index contributed by atoms with van der Waals surface area (Å²) in [6.45, 7) is 2.51. The minimum absolute atomic E-state index is 0.0923. The van der Waals surface area contributed by atoms with E-state index in [0.717, 1.165) is 148 Å². The van der Waals surface area contributed by atoms with Gasteiger partial charge in [-0.3, -0.25) is 32.5 Å². The topological polar surface area (TPSA) is 231 Å². The van der Waals surface area contributed by atoms with Crippen LogP contribution in [0.4, 0.5) is 0 Å². The zero-order valence-electron chi connectivity index (χ0n) is 58.4. The lowest BCUT2D eigenvalue weighted by Gasteiger charge is -2.21. The summed E-state index contributed by atoms with van der Waals surface area (Å²) < 4.78 is 60.9. The number of carbonyl (C=O) groups is 3. The highest BCUT2D eigenvalue weighted by Gasteiger charge is 2.29. The maximum absolute atomic E-state index is 12.9. The lowest BCUT2D eigenvalue weighted by molar-refractivity contribution is -0.161. The normalized spacial score (nSPS) is 14.7. The quantitative estimate of drug-likeness (QED) is 0.0146. The Labute approximate surface area is 565 Å². The van der Waals surface area contributed by atoms with Crippen molar-refractivity contribution in [1.29, 1.82) is 0 Å². The Hall–Kier alpha value is -3.53. The van der Waals surface area contributed by atoms with Crippen molar-refractivity contribution in [1.82, 2.24) is 0 Å². The summed E-state index contributed by atoms with van der Waals surface area (Å²) in [5, 5.41) is 20.6. The van der Waals surface area contributed by atoms with Crippen molar-refractivity contribution in [2.45, 2.75) is 322 Å². The second-order valence-corrected chi connectivity index (χ2v) is 27.3. The van der Waals surface area contributed by atoms with Crippen LogP contribution in [0, 0.1) is 0 Å². The maximum atomic E-state index is 12.9. The molecule has 0 fully saturated rings. The Kier molecular flexibility index (Phi) is 65.8. The predicted octanol–water partition coefficient (Wildman–Crippen LogP) is 20.6. The largest absolute Gasteiger partial charge is 0.472 e. The molecule has 0 saturated heterocycles. The maximum Gasteiger partial charge on any atom is 0.472 e. The van der Waals surface area contributed by atoms with Gasteiger partial charge in [0.2, 0.25) is 0 Å². The Morgan fingerprint density at radius 1 is 0.312 bits per heavy atom. The van der Waals surface area contributed by atoms with E-state index in [1.807, 2.05) is 0 Å². The third kappa shape index (κ3) is 69.6. The molecule has 0 radical (unpaired) electrons. The van der Waals surface area contributed by atoms with Crippen LogP contribution in [0.5, 0.6) is 0 Å². The van der Waals surface area contributed by atoms with Gasteiger partial charge >= 0.3 is 33.6 Å². The number of unbranched alkanes of at least 4 members (excludes halogenated alkanes) is 30. The van der Waals surface area contributed by atoms with E-state index >= 15 is 0 Å². The lowest BCUT2D eigenvalue weighted by atomic mass is 10.0. The van der Waals surface area contributed by atoms with E-state index in [9.17, 15) is 43.5 Å². The fourth-order valence-electron chi connectivity index (χ4n) is 9.68. The highest BCUT2D eigenvalue weighted by atomic mass is 31.2. The van der Waals surface area contributed by atoms with Crippen LogP contribution < -0.4 is 0 Å². The molecule has 0 aliphatic carbocycles. The molecule has 0 aromatic heterocycles. The average Bonchev–Trinajstić information content (AvgIpc) is 2.66. The van der Waals surface area contributed by atoms with Crippen LogP contribution in [0.1, 0.15) is 303 Å². The summed E-state index contributed by atoms with van der Waals surface area (Å²) in [5.74, 6) is -1.59. The molecule has 16 nitrogen and oxygen atoms in total. The number of esters is 3. The highest BCUT2D eigenvalue weighted by molar-refractivity contribution is 7.47. The fraction of sp³-hybridized carbons (Fsp3) is 0.747. The minimum Gasteiger partial charge on any atom is -0.463 e. The molecule has 0 saturated carbocycles. The predicted molar refractivity (Wildman–Crippen MR) is 381 cm³/mol. The number of ether oxygens (including phenoxy) is 3. The molecule has 0 heterocycles. The summed E-state index contributed by atoms with van der Waals surface area (Å²) in [5.41, 5.74) is 0. The van der Waals surface area contributed by atoms with Crippen molar-refractivity contribution in [2.75, 3.05) is 39.6 Å². The van der Waals surface area contributed by atoms with Crippen molar-refractivity contribution in [3.63, 3.8) is 0 Å². The molecule has 5 unspecified atom stereocenters. The van der Waals surface area contributed by atoms with Gasteiger partial charge in [0.05, 0.1) is 26.4 Å². The second-order valence-electron chi connectivity index (χ2n) is 24.4. The SMILES string of the molecule is CC/C=C\C/C=C\C/C=C\CCCCCCCCCC(=O)OCC(COP(=O)(O)OCC(O)COP(=O)(O)OCC(O)COC(=O)CCCCCCCCCCCCC/C=C\C/C=C\C/C=C\C/C=C\CCCCC)OC(=O)CCCCCCC/C=C\CCCCCC. The average molecular weight is 1350 g/mol. The fourth-order valence-corrected chi connectivity index (χ4v) is 11.3. The van der Waals surface area contributed by atoms with Gasteiger partial charge in [0.15, 0.2) is 6.10 Å². The van der Waals surface area contributed by atoms with Crippen molar-refractivity contribution in [2.24, 2.45) is 0 Å². The Morgan fingerprint density at radius 2 is 0.570 bits per heavy atom. The third-order valence-electron chi connectivity index (χ3n) is 15.3. The number of carbonyl (C=O) groups excluding carboxylic acids is 3. The third-order valence-corrected chi connectivity index (χ3v) is 17.2. The molecule has 18 heteroatoms. The molecule has 0 bridgehead atoms. The zero-order valence-corrected chi connectivity index (χ0v) is 60.2. The molecular formula is C75H132O16P2. The number of aliphatic hydroxyl groups is 2. The monoisotopic (exact) mass is 1350 g/mol. The summed E-state index contributed by atoms with van der Waals surface area (Å²) >= 11 is 0. The molecule has 93 heavy (non-hydrogen) atoms. The molecule has 0 aliphatic heterocycles. The van der Waals surface area contributed by atoms with Crippen molar-refractivity contribution >= 4 is 33.6 Å². The first kappa shape index (κ1) is 89.5. The summed E-state index contributed by atoms with van der Waals surface area (Å²) in [6, 6.07) is 0. The molecule has 0 aliphatic rings. The minimum atomic E-state index is -4.93. The van der Waals surface area contributed by atoms with Gasteiger partial charge in [-0.05, 0) is 122 Å². The molecule has 4 N–H and O–H groups in total.